The van der Waals surface area contributed by atoms with Crippen LogP contribution in [0.5, 0.6) is 0 Å². The molecule has 29 heavy (non-hydrogen) atoms. The van der Waals surface area contributed by atoms with Crippen molar-refractivity contribution in [2.75, 3.05) is 11.9 Å². The van der Waals surface area contributed by atoms with E-state index < -0.39 is 6.04 Å². The third-order valence-electron chi connectivity index (χ3n) is 5.18. The molecule has 4 rings (SSSR count). The fraction of sp³-hybridized carbons (Fsp3) is 0.429. The van der Waals surface area contributed by atoms with E-state index in [4.69, 9.17) is 0 Å². The lowest BCUT2D eigenvalue weighted by Crippen LogP contribution is -2.34. The maximum atomic E-state index is 12.8. The Hall–Kier alpha value is -3.16. The number of rotatable bonds is 4. The quantitative estimate of drug-likeness (QED) is 0.708. The van der Waals surface area contributed by atoms with Gasteiger partial charge in [-0.15, -0.1) is 0 Å². The van der Waals surface area contributed by atoms with E-state index in [1.807, 2.05) is 56.9 Å². The maximum absolute atomic E-state index is 12.8. The van der Waals surface area contributed by atoms with Crippen molar-refractivity contribution < 1.29 is 4.79 Å². The van der Waals surface area contributed by atoms with Crippen molar-refractivity contribution in [3.05, 3.63) is 51.9 Å². The molecule has 2 aromatic heterocycles. The number of amides is 1. The summed E-state index contributed by atoms with van der Waals surface area (Å²) in [6, 6.07) is 7.78. The van der Waals surface area contributed by atoms with Gasteiger partial charge >= 0.3 is 0 Å². The summed E-state index contributed by atoms with van der Waals surface area (Å²) in [5, 5.41) is 7.86. The van der Waals surface area contributed by atoms with Crippen molar-refractivity contribution in [3.8, 4) is 0 Å². The van der Waals surface area contributed by atoms with Gasteiger partial charge in [-0.3, -0.25) is 14.6 Å². The van der Waals surface area contributed by atoms with Gasteiger partial charge in [-0.05, 0) is 39.7 Å². The van der Waals surface area contributed by atoms with E-state index >= 15 is 0 Å². The molecule has 0 aliphatic carbocycles. The molecule has 1 aliphatic heterocycles. The number of carbonyl (C=O) groups is 1. The Morgan fingerprint density at radius 2 is 1.93 bits per heavy atom. The number of benzene rings is 1. The summed E-state index contributed by atoms with van der Waals surface area (Å²) >= 11 is 0. The van der Waals surface area contributed by atoms with E-state index in [0.717, 1.165) is 5.56 Å². The molecule has 1 unspecified atom stereocenters. The zero-order chi connectivity index (χ0) is 20.8. The van der Waals surface area contributed by atoms with Gasteiger partial charge in [0.05, 0.1) is 11.7 Å². The monoisotopic (exact) mass is 394 g/mol. The van der Waals surface area contributed by atoms with Crippen molar-refractivity contribution in [1.29, 1.82) is 0 Å². The number of nitrogens with zero attached hydrogens (tertiary/aromatic N) is 4. The number of anilines is 1. The number of aromatic nitrogens is 4. The van der Waals surface area contributed by atoms with Crippen molar-refractivity contribution in [2.24, 2.45) is 0 Å². The van der Waals surface area contributed by atoms with E-state index in [-0.39, 0.29) is 17.0 Å². The SMILES string of the molecule is Cc1ccc(CN2CCC(Nc3nc4c(cnn4C(C)(C)C)c(=O)[nH]3)C2=O)cc1. The number of H-pyrrole nitrogens is 1. The van der Waals surface area contributed by atoms with Crippen molar-refractivity contribution in [3.63, 3.8) is 0 Å². The molecule has 3 aromatic rings. The molecule has 1 aliphatic rings. The van der Waals surface area contributed by atoms with Gasteiger partial charge in [0.1, 0.15) is 11.4 Å². The van der Waals surface area contributed by atoms with Gasteiger partial charge in [-0.1, -0.05) is 29.8 Å². The molecule has 1 amide bonds. The molecule has 1 fully saturated rings. The van der Waals surface area contributed by atoms with Crippen LogP contribution in [0.2, 0.25) is 0 Å². The number of nitrogens with one attached hydrogen (secondary N) is 2. The molecule has 2 N–H and O–H groups in total. The van der Waals surface area contributed by atoms with Crippen molar-refractivity contribution in [1.82, 2.24) is 24.6 Å². The summed E-state index contributed by atoms with van der Waals surface area (Å²) in [4.78, 5) is 34.4. The Bertz CT molecular complexity index is 1110. The Morgan fingerprint density at radius 1 is 1.21 bits per heavy atom. The smallest absolute Gasteiger partial charge is 0.263 e. The molecule has 152 valence electrons. The summed E-state index contributed by atoms with van der Waals surface area (Å²) in [6.07, 6.45) is 2.19. The molecule has 1 aromatic carbocycles. The molecule has 8 heteroatoms. The third kappa shape index (κ3) is 3.74. The minimum absolute atomic E-state index is 0.0117. The second kappa shape index (κ2) is 7.02. The first-order valence-corrected chi connectivity index (χ1v) is 9.82. The van der Waals surface area contributed by atoms with Gasteiger partial charge in [-0.25, -0.2) is 4.68 Å². The van der Waals surface area contributed by atoms with Crippen LogP contribution >= 0.6 is 0 Å². The summed E-state index contributed by atoms with van der Waals surface area (Å²) in [7, 11) is 0. The zero-order valence-corrected chi connectivity index (χ0v) is 17.2. The van der Waals surface area contributed by atoms with Gasteiger partial charge in [0, 0.05) is 13.1 Å². The first-order chi connectivity index (χ1) is 13.7. The molecule has 8 nitrogen and oxygen atoms in total. The van der Waals surface area contributed by atoms with Crippen LogP contribution in [0, 0.1) is 6.92 Å². The molecule has 1 saturated heterocycles. The number of fused-ring (bicyclic) bond motifs is 1. The molecule has 3 heterocycles. The van der Waals surface area contributed by atoms with Gasteiger partial charge in [0.2, 0.25) is 11.9 Å². The molecule has 1 atom stereocenters. The first-order valence-electron chi connectivity index (χ1n) is 9.82. The highest BCUT2D eigenvalue weighted by Gasteiger charge is 2.32. The summed E-state index contributed by atoms with van der Waals surface area (Å²) < 4.78 is 1.73. The van der Waals surface area contributed by atoms with Gasteiger partial charge in [0.15, 0.2) is 5.65 Å². The zero-order valence-electron chi connectivity index (χ0n) is 17.2. The largest absolute Gasteiger partial charge is 0.344 e. The van der Waals surface area contributed by atoms with Crippen LogP contribution in [-0.2, 0) is 16.9 Å². The van der Waals surface area contributed by atoms with Crippen LogP contribution in [-0.4, -0.2) is 43.1 Å². The van der Waals surface area contributed by atoms with Crippen molar-refractivity contribution in [2.45, 2.75) is 52.2 Å². The number of hydrogen-bond acceptors (Lipinski definition) is 5. The highest BCUT2D eigenvalue weighted by atomic mass is 16.2. The number of aromatic amines is 1. The fourth-order valence-corrected chi connectivity index (χ4v) is 3.59. The number of aryl methyl sites for hydroxylation is 1. The minimum atomic E-state index is -0.410. The van der Waals surface area contributed by atoms with E-state index in [0.29, 0.717) is 36.5 Å². The Morgan fingerprint density at radius 3 is 2.62 bits per heavy atom. The van der Waals surface area contributed by atoms with Crippen LogP contribution in [0.4, 0.5) is 5.95 Å². The molecule has 0 spiro atoms. The van der Waals surface area contributed by atoms with Crippen LogP contribution in [0.3, 0.4) is 0 Å². The van der Waals surface area contributed by atoms with Crippen LogP contribution in [0.25, 0.3) is 11.0 Å². The summed E-state index contributed by atoms with van der Waals surface area (Å²) in [5.41, 5.74) is 2.22. The maximum Gasteiger partial charge on any atom is 0.263 e. The Kier molecular flexibility index (Phi) is 4.64. The van der Waals surface area contributed by atoms with Crippen LogP contribution < -0.4 is 10.9 Å². The molecule has 0 radical (unpaired) electrons. The highest BCUT2D eigenvalue weighted by molar-refractivity contribution is 5.86. The second-order valence-electron chi connectivity index (χ2n) is 8.61. The van der Waals surface area contributed by atoms with Gasteiger partial charge < -0.3 is 10.2 Å². The molecular formula is C21H26N6O2. The topological polar surface area (TPSA) is 95.9 Å². The third-order valence-corrected chi connectivity index (χ3v) is 5.18. The van der Waals surface area contributed by atoms with E-state index in [9.17, 15) is 9.59 Å². The fourth-order valence-electron chi connectivity index (χ4n) is 3.59. The standard InChI is InChI=1S/C21H26N6O2/c1-13-5-7-14(8-6-13)12-26-10-9-16(19(26)29)23-20-24-17-15(18(28)25-20)11-22-27(17)21(2,3)4/h5-8,11,16H,9-10,12H2,1-4H3,(H2,23,24,25,28). The van der Waals surface area contributed by atoms with Crippen LogP contribution in [0.1, 0.15) is 38.3 Å². The lowest BCUT2D eigenvalue weighted by Gasteiger charge is -2.20. The predicted molar refractivity (Wildman–Crippen MR) is 112 cm³/mol. The van der Waals surface area contributed by atoms with Crippen LogP contribution in [0.15, 0.2) is 35.3 Å². The summed E-state index contributed by atoms with van der Waals surface area (Å²) in [5.74, 6) is 0.307. The first kappa shape index (κ1) is 19.2. The summed E-state index contributed by atoms with van der Waals surface area (Å²) in [6.45, 7) is 9.28. The van der Waals surface area contributed by atoms with E-state index in [1.165, 1.54) is 11.8 Å². The minimum Gasteiger partial charge on any atom is -0.344 e. The number of likely N-dealkylation sites (tertiary alicyclic amines) is 1. The average Bonchev–Trinajstić information content (AvgIpc) is 3.23. The second-order valence-corrected chi connectivity index (χ2v) is 8.61. The Labute approximate surface area is 168 Å². The predicted octanol–water partition coefficient (Wildman–Crippen LogP) is 2.40. The number of carbonyl (C=O) groups excluding carboxylic acids is 1. The lowest BCUT2D eigenvalue weighted by molar-refractivity contribution is -0.128. The Balaban J connectivity index is 1.53. The van der Waals surface area contributed by atoms with Gasteiger partial charge in [0.25, 0.3) is 5.56 Å². The lowest BCUT2D eigenvalue weighted by atomic mass is 10.1. The normalized spacial score (nSPS) is 17.3. The van der Waals surface area contributed by atoms with E-state index in [1.54, 1.807) is 4.68 Å². The number of hydrogen-bond donors (Lipinski definition) is 2. The highest BCUT2D eigenvalue weighted by Crippen LogP contribution is 2.21. The van der Waals surface area contributed by atoms with E-state index in [2.05, 4.69) is 20.4 Å². The average molecular weight is 394 g/mol. The van der Waals surface area contributed by atoms with Gasteiger partial charge in [-0.2, -0.15) is 10.1 Å². The molecule has 0 bridgehead atoms. The molecule has 0 saturated carbocycles. The molecular weight excluding hydrogens is 368 g/mol. The van der Waals surface area contributed by atoms with Crippen molar-refractivity contribution >= 4 is 22.9 Å².